The second-order valence-electron chi connectivity index (χ2n) is 9.88. The molecular weight excluding hydrogens is 504 g/mol. The summed E-state index contributed by atoms with van der Waals surface area (Å²) in [5.74, 6) is -1.12. The Morgan fingerprint density at radius 3 is 2.27 bits per heavy atom. The number of carbonyl (C=O) groups is 2. The molecule has 1 aromatic heterocycles. The number of nitrogens with zero attached hydrogens (tertiary/aromatic N) is 2. The molecule has 8 heteroatoms. The summed E-state index contributed by atoms with van der Waals surface area (Å²) in [6, 6.07) is 25.7. The zero-order chi connectivity index (χ0) is 28.1. The first kappa shape index (κ1) is 26.9. The molecule has 204 valence electrons. The second-order valence-corrected chi connectivity index (χ2v) is 9.88. The highest BCUT2D eigenvalue weighted by Gasteiger charge is 2.34. The fourth-order valence-electron chi connectivity index (χ4n) is 5.00. The maximum absolute atomic E-state index is 14.0. The van der Waals surface area contributed by atoms with Crippen LogP contribution >= 0.6 is 0 Å². The van der Waals surface area contributed by atoms with Crippen LogP contribution in [0, 0.1) is 0 Å². The number of aliphatic imine (C=N–C) groups is 1. The molecule has 0 bridgehead atoms. The lowest BCUT2D eigenvalue weighted by Gasteiger charge is -2.24. The first-order valence-corrected chi connectivity index (χ1v) is 13.4. The summed E-state index contributed by atoms with van der Waals surface area (Å²) in [5, 5.41) is 19.4. The topological polar surface area (TPSA) is 132 Å². The number of carboxylic acid groups (broad SMARTS) is 1. The standard InChI is InChI=1S/C32H32N4O4/c33-18-5-4-8-26-31(38)36(19-17-21-9-15-25(37)16-10-21)28-20-27(32(39)40)35-30(28)29(34-26)24-13-11-23(12-14-24)22-6-2-1-3-7-22/h1-3,6-7,9-16,20,26,35,37H,4-5,8,17-19,33H2,(H,39,40)/t26-/m0/s1. The number of aromatic hydroxyl groups is 1. The van der Waals surface area contributed by atoms with E-state index in [1.54, 1.807) is 17.0 Å². The zero-order valence-corrected chi connectivity index (χ0v) is 22.1. The quantitative estimate of drug-likeness (QED) is 0.212. The van der Waals surface area contributed by atoms with Crippen molar-refractivity contribution in [3.8, 4) is 16.9 Å². The normalized spacial score (nSPS) is 14.9. The monoisotopic (exact) mass is 536 g/mol. The van der Waals surface area contributed by atoms with Crippen LogP contribution in [0.4, 0.5) is 5.69 Å². The van der Waals surface area contributed by atoms with Crippen molar-refractivity contribution in [1.29, 1.82) is 0 Å². The summed E-state index contributed by atoms with van der Waals surface area (Å²) in [6.07, 6.45) is 2.59. The Balaban J connectivity index is 1.56. The van der Waals surface area contributed by atoms with E-state index in [2.05, 4.69) is 4.98 Å². The summed E-state index contributed by atoms with van der Waals surface area (Å²) < 4.78 is 0. The molecule has 0 saturated heterocycles. The van der Waals surface area contributed by atoms with Crippen LogP contribution in [0.3, 0.4) is 0 Å². The number of H-pyrrole nitrogens is 1. The van der Waals surface area contributed by atoms with Gasteiger partial charge in [0.2, 0.25) is 0 Å². The molecule has 8 nitrogen and oxygen atoms in total. The second kappa shape index (κ2) is 12.0. The van der Waals surface area contributed by atoms with Gasteiger partial charge in [0.1, 0.15) is 17.5 Å². The largest absolute Gasteiger partial charge is 0.508 e. The Kier molecular flexibility index (Phi) is 8.07. The third-order valence-electron chi connectivity index (χ3n) is 7.15. The van der Waals surface area contributed by atoms with Gasteiger partial charge in [-0.05, 0) is 67.1 Å². The summed E-state index contributed by atoms with van der Waals surface area (Å²) >= 11 is 0. The number of carboxylic acids is 1. The van der Waals surface area contributed by atoms with Crippen molar-refractivity contribution in [3.63, 3.8) is 0 Å². The van der Waals surface area contributed by atoms with Crippen LogP contribution in [-0.2, 0) is 11.2 Å². The van der Waals surface area contributed by atoms with E-state index in [0.29, 0.717) is 43.0 Å². The van der Waals surface area contributed by atoms with Gasteiger partial charge in [0.05, 0.1) is 17.1 Å². The molecule has 0 saturated carbocycles. The summed E-state index contributed by atoms with van der Waals surface area (Å²) in [5.41, 5.74) is 11.1. The molecule has 0 spiro atoms. The highest BCUT2D eigenvalue weighted by atomic mass is 16.4. The Morgan fingerprint density at radius 2 is 1.60 bits per heavy atom. The highest BCUT2D eigenvalue weighted by molar-refractivity contribution is 6.20. The maximum atomic E-state index is 14.0. The lowest BCUT2D eigenvalue weighted by Crippen LogP contribution is -2.39. The van der Waals surface area contributed by atoms with Gasteiger partial charge in [-0.2, -0.15) is 0 Å². The van der Waals surface area contributed by atoms with Gasteiger partial charge >= 0.3 is 5.97 Å². The number of carbonyl (C=O) groups excluding carboxylic acids is 1. The lowest BCUT2D eigenvalue weighted by atomic mass is 10.0. The van der Waals surface area contributed by atoms with Crippen molar-refractivity contribution in [1.82, 2.24) is 4.98 Å². The van der Waals surface area contributed by atoms with E-state index in [9.17, 15) is 19.8 Å². The summed E-state index contributed by atoms with van der Waals surface area (Å²) in [7, 11) is 0. The smallest absolute Gasteiger partial charge is 0.352 e. The number of unbranched alkanes of at least 4 members (excludes halogenated alkanes) is 1. The van der Waals surface area contributed by atoms with Crippen LogP contribution in [0.2, 0.25) is 0 Å². The molecule has 40 heavy (non-hydrogen) atoms. The van der Waals surface area contributed by atoms with E-state index in [4.69, 9.17) is 10.7 Å². The highest BCUT2D eigenvalue weighted by Crippen LogP contribution is 2.32. The number of aromatic nitrogens is 1. The van der Waals surface area contributed by atoms with Gasteiger partial charge in [0, 0.05) is 12.1 Å². The summed E-state index contributed by atoms with van der Waals surface area (Å²) in [6.45, 7) is 0.862. The number of hydrogen-bond donors (Lipinski definition) is 4. The first-order chi connectivity index (χ1) is 19.4. The third-order valence-corrected chi connectivity index (χ3v) is 7.15. The van der Waals surface area contributed by atoms with E-state index in [1.165, 1.54) is 6.07 Å². The molecule has 0 radical (unpaired) electrons. The van der Waals surface area contributed by atoms with Crippen molar-refractivity contribution in [2.45, 2.75) is 31.7 Å². The van der Waals surface area contributed by atoms with Gasteiger partial charge in [-0.1, -0.05) is 66.7 Å². The molecule has 5 rings (SSSR count). The van der Waals surface area contributed by atoms with E-state index in [1.807, 2.05) is 66.7 Å². The Bertz CT molecular complexity index is 1510. The number of nitrogens with two attached hydrogens (primary N) is 1. The van der Waals surface area contributed by atoms with E-state index in [-0.39, 0.29) is 17.4 Å². The van der Waals surface area contributed by atoms with Crippen molar-refractivity contribution in [2.24, 2.45) is 10.7 Å². The number of aromatic carboxylic acids is 1. The van der Waals surface area contributed by atoms with Crippen LogP contribution in [-0.4, -0.2) is 51.9 Å². The van der Waals surface area contributed by atoms with Crippen LogP contribution < -0.4 is 10.6 Å². The van der Waals surface area contributed by atoms with Crippen LogP contribution in [0.1, 0.15) is 46.6 Å². The number of benzene rings is 3. The van der Waals surface area contributed by atoms with Crippen molar-refractivity contribution < 1.29 is 19.8 Å². The molecule has 1 amide bonds. The number of fused-ring (bicyclic) bond motifs is 1. The minimum Gasteiger partial charge on any atom is -0.508 e. The first-order valence-electron chi connectivity index (χ1n) is 13.4. The number of aromatic amines is 1. The number of rotatable bonds is 10. The van der Waals surface area contributed by atoms with Gasteiger partial charge in [-0.25, -0.2) is 4.79 Å². The fraction of sp³-hybridized carbons (Fsp3) is 0.219. The van der Waals surface area contributed by atoms with Gasteiger partial charge in [0.25, 0.3) is 5.91 Å². The van der Waals surface area contributed by atoms with Crippen LogP contribution in [0.25, 0.3) is 11.1 Å². The molecule has 0 fully saturated rings. The van der Waals surface area contributed by atoms with Gasteiger partial charge in [-0.3, -0.25) is 9.79 Å². The molecule has 1 aliphatic heterocycles. The molecule has 4 aromatic rings. The minimum absolute atomic E-state index is 0.0115. The third kappa shape index (κ3) is 5.82. The number of anilines is 1. The predicted molar refractivity (Wildman–Crippen MR) is 156 cm³/mol. The Morgan fingerprint density at radius 1 is 0.925 bits per heavy atom. The van der Waals surface area contributed by atoms with Crippen molar-refractivity contribution >= 4 is 23.3 Å². The molecule has 0 aliphatic carbocycles. The molecule has 1 atom stereocenters. The van der Waals surface area contributed by atoms with Gasteiger partial charge in [0.15, 0.2) is 0 Å². The summed E-state index contributed by atoms with van der Waals surface area (Å²) in [4.78, 5) is 35.6. The molecule has 5 N–H and O–H groups in total. The van der Waals surface area contributed by atoms with Crippen LogP contribution in [0.15, 0.2) is 89.9 Å². The lowest BCUT2D eigenvalue weighted by molar-refractivity contribution is -0.119. The fourth-order valence-corrected chi connectivity index (χ4v) is 5.00. The van der Waals surface area contributed by atoms with Gasteiger partial charge < -0.3 is 25.8 Å². The molecule has 2 heterocycles. The van der Waals surface area contributed by atoms with Crippen molar-refractivity contribution in [2.75, 3.05) is 18.0 Å². The number of nitrogens with one attached hydrogen (secondary N) is 1. The Hall–Kier alpha value is -4.69. The minimum atomic E-state index is -1.11. The predicted octanol–water partition coefficient (Wildman–Crippen LogP) is 5.01. The van der Waals surface area contributed by atoms with Gasteiger partial charge in [-0.15, -0.1) is 0 Å². The number of phenolic OH excluding ortho intramolecular Hbond substituents is 1. The molecular formula is C32H32N4O4. The number of hydrogen-bond acceptors (Lipinski definition) is 5. The molecule has 3 aromatic carbocycles. The number of phenols is 1. The average Bonchev–Trinajstić information content (AvgIpc) is 3.38. The number of amides is 1. The van der Waals surface area contributed by atoms with E-state index in [0.717, 1.165) is 35.1 Å². The molecule has 0 unspecified atom stereocenters. The zero-order valence-electron chi connectivity index (χ0n) is 22.1. The van der Waals surface area contributed by atoms with Crippen LogP contribution in [0.5, 0.6) is 5.75 Å². The van der Waals surface area contributed by atoms with E-state index >= 15 is 0 Å². The van der Waals surface area contributed by atoms with E-state index < -0.39 is 12.0 Å². The average molecular weight is 537 g/mol. The maximum Gasteiger partial charge on any atom is 0.352 e. The SMILES string of the molecule is NCCCC[C@@H]1N=C(c2ccc(-c3ccccc3)cc2)c2[nH]c(C(=O)O)cc2N(CCc2ccc(O)cc2)C1=O. The molecule has 1 aliphatic rings. The van der Waals surface area contributed by atoms with Crippen molar-refractivity contribution in [3.05, 3.63) is 107 Å². The Labute approximate surface area is 232 Å².